The highest BCUT2D eigenvalue weighted by Crippen LogP contribution is 2.10. The summed E-state index contributed by atoms with van der Waals surface area (Å²) in [6.07, 6.45) is -0.0148. The van der Waals surface area contributed by atoms with Crippen LogP contribution in [0.3, 0.4) is 0 Å². The van der Waals surface area contributed by atoms with Crippen molar-refractivity contribution in [1.82, 2.24) is 37.2 Å². The number of carbonyl (C=O) groups is 9. The highest BCUT2D eigenvalue weighted by molar-refractivity contribution is 9.10. The minimum Gasteiger partial charge on any atom is -0.480 e. The van der Waals surface area contributed by atoms with E-state index in [0.717, 1.165) is 11.4 Å². The number of rotatable bonds is 24. The molecule has 0 spiro atoms. The number of primary amides is 1. The van der Waals surface area contributed by atoms with Crippen LogP contribution in [-0.2, 0) is 38.4 Å². The van der Waals surface area contributed by atoms with E-state index >= 15 is 0 Å². The first kappa shape index (κ1) is 46.8. The molecule has 6 atom stereocenters. The van der Waals surface area contributed by atoms with Crippen LogP contribution in [0, 0.1) is 0 Å². The van der Waals surface area contributed by atoms with Gasteiger partial charge in [-0.3, -0.25) is 43.2 Å². The molecular formula is C32H47BrN8O13. The van der Waals surface area contributed by atoms with Gasteiger partial charge < -0.3 is 63.4 Å². The number of hydrogen-bond acceptors (Lipinski definition) is 12. The van der Waals surface area contributed by atoms with E-state index in [2.05, 4.69) is 53.1 Å². The van der Waals surface area contributed by atoms with Gasteiger partial charge in [0.25, 0.3) is 5.91 Å². The topological polar surface area (TPSA) is 345 Å². The van der Waals surface area contributed by atoms with E-state index in [1.165, 1.54) is 6.92 Å². The van der Waals surface area contributed by atoms with Crippen molar-refractivity contribution < 1.29 is 63.6 Å². The van der Waals surface area contributed by atoms with Gasteiger partial charge in [-0.2, -0.15) is 0 Å². The van der Waals surface area contributed by atoms with Gasteiger partial charge in [0.2, 0.25) is 41.4 Å². The largest absolute Gasteiger partial charge is 0.480 e. The second-order valence-corrected chi connectivity index (χ2v) is 12.8. The number of carboxylic acids is 1. The first-order valence-corrected chi connectivity index (χ1v) is 17.4. The maximum Gasteiger partial charge on any atom is 0.325 e. The van der Waals surface area contributed by atoms with Gasteiger partial charge in [0.15, 0.2) is 0 Å². The Morgan fingerprint density at radius 1 is 0.648 bits per heavy atom. The Balaban J connectivity index is 2.92. The summed E-state index contributed by atoms with van der Waals surface area (Å²) < 4.78 is 0.787. The van der Waals surface area contributed by atoms with E-state index in [-0.39, 0.29) is 38.1 Å². The number of hydrogen-bond donors (Lipinski definition) is 12. The van der Waals surface area contributed by atoms with E-state index in [1.54, 1.807) is 24.3 Å². The fraction of sp³-hybridized carbons (Fsp3) is 0.531. The van der Waals surface area contributed by atoms with Crippen LogP contribution < -0.4 is 43.0 Å². The van der Waals surface area contributed by atoms with Gasteiger partial charge in [-0.1, -0.05) is 15.9 Å². The van der Waals surface area contributed by atoms with Gasteiger partial charge in [-0.15, -0.1) is 0 Å². The molecule has 1 aromatic rings. The zero-order chi connectivity index (χ0) is 41.0. The molecule has 0 radical (unpaired) electrons. The number of nitrogens with one attached hydrogen (secondary N) is 7. The minimum atomic E-state index is -1.80. The second kappa shape index (κ2) is 24.2. The summed E-state index contributed by atoms with van der Waals surface area (Å²) in [6, 6.07) is -2.68. The molecular weight excluding hydrogens is 784 g/mol. The molecule has 54 heavy (non-hydrogen) atoms. The van der Waals surface area contributed by atoms with Gasteiger partial charge in [0.05, 0.1) is 19.8 Å². The van der Waals surface area contributed by atoms with Gasteiger partial charge in [-0.25, -0.2) is 0 Å². The fourth-order valence-electron chi connectivity index (χ4n) is 4.50. The third-order valence-electron chi connectivity index (χ3n) is 7.49. The average molecular weight is 832 g/mol. The molecule has 0 aromatic heterocycles. The molecule has 13 N–H and O–H groups in total. The summed E-state index contributed by atoms with van der Waals surface area (Å²) in [4.78, 5) is 111. The number of benzene rings is 1. The molecule has 0 bridgehead atoms. The summed E-state index contributed by atoms with van der Waals surface area (Å²) in [7, 11) is 0. The Morgan fingerprint density at radius 2 is 1.07 bits per heavy atom. The molecule has 300 valence electrons. The molecule has 1 aromatic carbocycles. The molecule has 0 saturated carbocycles. The zero-order valence-corrected chi connectivity index (χ0v) is 31.1. The van der Waals surface area contributed by atoms with Gasteiger partial charge >= 0.3 is 5.97 Å². The number of nitrogens with two attached hydrogens (primary N) is 1. The predicted octanol–water partition coefficient (Wildman–Crippen LogP) is -4.38. The van der Waals surface area contributed by atoms with Crippen molar-refractivity contribution in [3.05, 3.63) is 34.3 Å². The van der Waals surface area contributed by atoms with Crippen molar-refractivity contribution in [2.24, 2.45) is 5.73 Å². The molecule has 0 saturated heterocycles. The third kappa shape index (κ3) is 17.1. The third-order valence-corrected chi connectivity index (χ3v) is 8.02. The second-order valence-electron chi connectivity index (χ2n) is 11.9. The number of carbonyl (C=O) groups excluding carboxylic acids is 8. The number of amides is 8. The summed E-state index contributed by atoms with van der Waals surface area (Å²) in [5.74, 6) is -8.49. The highest BCUT2D eigenvalue weighted by atomic mass is 79.9. The molecule has 8 amide bonds. The van der Waals surface area contributed by atoms with Crippen molar-refractivity contribution in [2.45, 2.75) is 82.2 Å². The monoisotopic (exact) mass is 830 g/mol. The maximum atomic E-state index is 13.1. The van der Waals surface area contributed by atoms with Crippen LogP contribution in [0.15, 0.2) is 28.7 Å². The first-order chi connectivity index (χ1) is 25.4. The van der Waals surface area contributed by atoms with E-state index in [0.29, 0.717) is 12.0 Å². The smallest absolute Gasteiger partial charge is 0.325 e. The van der Waals surface area contributed by atoms with Crippen LogP contribution in [0.4, 0.5) is 0 Å². The first-order valence-electron chi connectivity index (χ1n) is 16.6. The number of carboxylic acid groups (broad SMARTS) is 1. The van der Waals surface area contributed by atoms with Crippen molar-refractivity contribution in [2.75, 3.05) is 26.4 Å². The molecule has 21 nitrogen and oxygen atoms in total. The lowest BCUT2D eigenvalue weighted by Gasteiger charge is -2.25. The Labute approximate surface area is 318 Å². The van der Waals surface area contributed by atoms with E-state index < -0.39 is 103 Å². The summed E-state index contributed by atoms with van der Waals surface area (Å²) >= 11 is 3.28. The van der Waals surface area contributed by atoms with Crippen molar-refractivity contribution in [3.8, 4) is 0 Å². The summed E-state index contributed by atoms with van der Waals surface area (Å²) in [5.41, 5.74) is 5.50. The Hall–Kier alpha value is -5.19. The van der Waals surface area contributed by atoms with Crippen LogP contribution >= 0.6 is 15.9 Å². The molecule has 22 heteroatoms. The SMILES string of the molecule is CC(=O)N[C@@H](CCC(N)=O)C(=O)N[C@@H](CO)C(=O)N[C@@H](CO)C(=O)N[C@@H](CO)C(=O)N[C@@H](CCCCNC(=O)c1ccc(Br)cc1)C(=O)N[C@@H](C)C(=O)O. The predicted molar refractivity (Wildman–Crippen MR) is 191 cm³/mol. The number of halogens is 1. The van der Waals surface area contributed by atoms with Crippen LogP contribution in [0.5, 0.6) is 0 Å². The Kier molecular flexibility index (Phi) is 21.0. The molecule has 0 aliphatic carbocycles. The average Bonchev–Trinajstić information content (AvgIpc) is 3.12. The zero-order valence-electron chi connectivity index (χ0n) is 29.6. The lowest BCUT2D eigenvalue weighted by atomic mass is 10.1. The minimum absolute atomic E-state index is 0.0565. The normalized spacial score (nSPS) is 14.0. The highest BCUT2D eigenvalue weighted by Gasteiger charge is 2.32. The molecule has 0 fully saturated rings. The van der Waals surface area contributed by atoms with Crippen LogP contribution in [0.2, 0.25) is 0 Å². The molecule has 0 heterocycles. The Morgan fingerprint density at radius 3 is 1.50 bits per heavy atom. The van der Waals surface area contributed by atoms with Crippen molar-refractivity contribution >= 4 is 69.2 Å². The standard InChI is InChI=1S/C32H47BrN8O13/c1-16(32(53)54)36-27(48)20(5-3-4-12-35-26(47)18-6-8-19(33)9-7-18)38-29(50)22(13-42)40-31(52)24(15-44)41-30(51)23(14-43)39-28(49)21(37-17(2)45)10-11-25(34)46/h6-9,16,20-24,42-44H,3-5,10-15H2,1-2H3,(H2,34,46)(H,35,47)(H,36,48)(H,37,45)(H,38,50)(H,39,49)(H,40,52)(H,41,51)(H,53,54)/t16-,20-,21-,22-,23-,24-/m0/s1. The van der Waals surface area contributed by atoms with E-state index in [9.17, 15) is 63.6 Å². The van der Waals surface area contributed by atoms with Crippen LogP contribution in [0.1, 0.15) is 56.3 Å². The van der Waals surface area contributed by atoms with Crippen molar-refractivity contribution in [3.63, 3.8) is 0 Å². The number of aliphatic carboxylic acids is 1. The van der Waals surface area contributed by atoms with E-state index in [4.69, 9.17) is 5.73 Å². The van der Waals surface area contributed by atoms with Crippen molar-refractivity contribution in [1.29, 1.82) is 0 Å². The number of aliphatic hydroxyl groups is 3. The summed E-state index contributed by atoms with van der Waals surface area (Å²) in [5, 5.41) is 54.5. The fourth-order valence-corrected chi connectivity index (χ4v) is 4.76. The molecule has 0 aliphatic rings. The quantitative estimate of drug-likeness (QED) is 0.0439. The lowest BCUT2D eigenvalue weighted by molar-refractivity contribution is -0.142. The van der Waals surface area contributed by atoms with Gasteiger partial charge in [-0.05, 0) is 56.9 Å². The number of aliphatic hydroxyl groups excluding tert-OH is 3. The number of unbranched alkanes of at least 4 members (excludes halogenated alkanes) is 1. The molecule has 0 unspecified atom stereocenters. The molecule has 0 aliphatic heterocycles. The van der Waals surface area contributed by atoms with Gasteiger partial charge in [0.1, 0.15) is 36.3 Å². The van der Waals surface area contributed by atoms with Crippen LogP contribution in [0.25, 0.3) is 0 Å². The maximum absolute atomic E-state index is 13.1. The lowest BCUT2D eigenvalue weighted by Crippen LogP contribution is -2.61. The molecule has 1 rings (SSSR count). The van der Waals surface area contributed by atoms with E-state index in [1.807, 2.05) is 0 Å². The Bertz CT molecular complexity index is 1500. The summed E-state index contributed by atoms with van der Waals surface area (Å²) in [6.45, 7) is -0.628. The van der Waals surface area contributed by atoms with Crippen LogP contribution in [-0.4, -0.2) is 136 Å². The van der Waals surface area contributed by atoms with Gasteiger partial charge in [0, 0.05) is 29.9 Å².